The number of furan rings is 1. The Bertz CT molecular complexity index is 878. The minimum absolute atomic E-state index is 0.295. The summed E-state index contributed by atoms with van der Waals surface area (Å²) >= 11 is 0. The number of nitrogens with zero attached hydrogens (tertiary/aromatic N) is 2. The summed E-state index contributed by atoms with van der Waals surface area (Å²) in [5.74, 6) is 0. The lowest BCUT2D eigenvalue weighted by Gasteiger charge is -2.28. The molecule has 3 heteroatoms. The first kappa shape index (κ1) is 13.3. The molecule has 2 heterocycles. The van der Waals surface area contributed by atoms with E-state index in [4.69, 9.17) is 4.42 Å². The molecule has 0 bridgehead atoms. The van der Waals surface area contributed by atoms with Crippen LogP contribution in [0.3, 0.4) is 0 Å². The molecule has 1 aliphatic rings. The average molecular weight is 292 g/mol. The van der Waals surface area contributed by atoms with Gasteiger partial charge >= 0.3 is 0 Å². The van der Waals surface area contributed by atoms with Crippen molar-refractivity contribution in [1.29, 1.82) is 0 Å². The van der Waals surface area contributed by atoms with Crippen LogP contribution in [0, 0.1) is 0 Å². The van der Waals surface area contributed by atoms with Gasteiger partial charge in [0.2, 0.25) is 0 Å². The van der Waals surface area contributed by atoms with Gasteiger partial charge in [0, 0.05) is 30.2 Å². The highest BCUT2D eigenvalue weighted by atomic mass is 16.3. The van der Waals surface area contributed by atoms with Crippen LogP contribution in [0.4, 0.5) is 5.69 Å². The van der Waals surface area contributed by atoms with Gasteiger partial charge in [-0.05, 0) is 25.0 Å². The van der Waals surface area contributed by atoms with E-state index in [9.17, 15) is 0 Å². The molecule has 3 nitrogen and oxygen atoms in total. The molecule has 1 aromatic heterocycles. The number of rotatable bonds is 2. The van der Waals surface area contributed by atoms with Crippen LogP contribution in [0.2, 0.25) is 0 Å². The molecule has 1 unspecified atom stereocenters. The first-order valence-corrected chi connectivity index (χ1v) is 7.82. The van der Waals surface area contributed by atoms with Crippen LogP contribution in [-0.4, -0.2) is 18.1 Å². The minimum atomic E-state index is 0.295. The summed E-state index contributed by atoms with van der Waals surface area (Å²) < 4.78 is 6.23. The maximum Gasteiger partial charge on any atom is 0.159 e. The van der Waals surface area contributed by atoms with E-state index in [-0.39, 0.29) is 0 Å². The van der Waals surface area contributed by atoms with Crippen molar-refractivity contribution in [2.24, 2.45) is 0 Å². The van der Waals surface area contributed by atoms with Gasteiger partial charge in [-0.15, -0.1) is 0 Å². The van der Waals surface area contributed by atoms with Crippen LogP contribution in [0.25, 0.3) is 21.9 Å². The highest BCUT2D eigenvalue weighted by molar-refractivity contribution is 6.09. The standard InChI is InChI=1S/C19H20N2O/c1-4-14-9-10-16-15-7-5-6-8-17(15)22-19(16)18(14)21-12-11-20(3)13(21)2/h5-13H,4H2,1-3H3. The Morgan fingerprint density at radius 2 is 1.86 bits per heavy atom. The third kappa shape index (κ3) is 1.75. The zero-order valence-electron chi connectivity index (χ0n) is 13.2. The van der Waals surface area contributed by atoms with Crippen LogP contribution in [0.1, 0.15) is 19.4 Å². The quantitative estimate of drug-likeness (QED) is 0.681. The highest BCUT2D eigenvalue weighted by Crippen LogP contribution is 2.39. The third-order valence-corrected chi connectivity index (χ3v) is 4.70. The topological polar surface area (TPSA) is 19.6 Å². The van der Waals surface area contributed by atoms with E-state index in [2.05, 4.69) is 67.4 Å². The highest BCUT2D eigenvalue weighted by Gasteiger charge is 2.25. The molecule has 0 fully saturated rings. The first-order valence-electron chi connectivity index (χ1n) is 7.82. The number of para-hydroxylation sites is 1. The molecule has 2 aromatic carbocycles. The van der Waals surface area contributed by atoms with E-state index < -0.39 is 0 Å². The van der Waals surface area contributed by atoms with Gasteiger partial charge < -0.3 is 14.2 Å². The molecule has 0 amide bonds. The second-order valence-corrected chi connectivity index (χ2v) is 5.90. The van der Waals surface area contributed by atoms with Gasteiger partial charge in [-0.1, -0.05) is 37.3 Å². The molecule has 1 atom stereocenters. The summed E-state index contributed by atoms with van der Waals surface area (Å²) in [4.78, 5) is 4.52. The van der Waals surface area contributed by atoms with Crippen LogP contribution in [0.5, 0.6) is 0 Å². The van der Waals surface area contributed by atoms with Gasteiger partial charge in [0.25, 0.3) is 0 Å². The lowest BCUT2D eigenvalue weighted by molar-refractivity contribution is 0.382. The van der Waals surface area contributed by atoms with Crippen molar-refractivity contribution in [3.63, 3.8) is 0 Å². The summed E-state index contributed by atoms with van der Waals surface area (Å²) in [5.41, 5.74) is 4.46. The van der Waals surface area contributed by atoms with Crippen molar-refractivity contribution in [2.45, 2.75) is 26.4 Å². The number of hydrogen-bond donors (Lipinski definition) is 0. The fourth-order valence-corrected chi connectivity index (χ4v) is 3.27. The van der Waals surface area contributed by atoms with Gasteiger partial charge in [0.15, 0.2) is 5.58 Å². The number of aryl methyl sites for hydroxylation is 1. The zero-order chi connectivity index (χ0) is 15.3. The monoisotopic (exact) mass is 292 g/mol. The molecule has 22 heavy (non-hydrogen) atoms. The molecule has 0 spiro atoms. The van der Waals surface area contributed by atoms with E-state index in [1.807, 2.05) is 12.1 Å². The lowest BCUT2D eigenvalue weighted by Crippen LogP contribution is -2.34. The summed E-state index contributed by atoms with van der Waals surface area (Å²) in [6, 6.07) is 12.7. The molecule has 4 rings (SSSR count). The molecular formula is C19H20N2O. The van der Waals surface area contributed by atoms with Crippen molar-refractivity contribution >= 4 is 27.6 Å². The SMILES string of the molecule is CCc1ccc2c(oc3ccccc32)c1N1C=CN(C)C1C. The second-order valence-electron chi connectivity index (χ2n) is 5.90. The maximum absolute atomic E-state index is 6.23. The van der Waals surface area contributed by atoms with Gasteiger partial charge in [0.05, 0.1) is 5.69 Å². The van der Waals surface area contributed by atoms with Gasteiger partial charge in [-0.2, -0.15) is 0 Å². The van der Waals surface area contributed by atoms with Crippen molar-refractivity contribution in [3.8, 4) is 0 Å². The Morgan fingerprint density at radius 3 is 2.59 bits per heavy atom. The Kier molecular flexibility index (Phi) is 2.89. The Morgan fingerprint density at radius 1 is 1.05 bits per heavy atom. The number of benzene rings is 2. The van der Waals surface area contributed by atoms with E-state index in [1.165, 1.54) is 22.0 Å². The van der Waals surface area contributed by atoms with Crippen molar-refractivity contribution in [3.05, 3.63) is 54.4 Å². The molecular weight excluding hydrogens is 272 g/mol. The zero-order valence-corrected chi connectivity index (χ0v) is 13.2. The van der Waals surface area contributed by atoms with Crippen LogP contribution in [0.15, 0.2) is 53.2 Å². The summed E-state index contributed by atoms with van der Waals surface area (Å²) in [5, 5.41) is 2.38. The molecule has 0 radical (unpaired) electrons. The van der Waals surface area contributed by atoms with E-state index in [1.54, 1.807) is 0 Å². The molecule has 0 N–H and O–H groups in total. The van der Waals surface area contributed by atoms with E-state index in [0.717, 1.165) is 17.6 Å². The van der Waals surface area contributed by atoms with Crippen LogP contribution < -0.4 is 4.90 Å². The van der Waals surface area contributed by atoms with Gasteiger partial charge in [-0.3, -0.25) is 0 Å². The predicted molar refractivity (Wildman–Crippen MR) is 91.9 cm³/mol. The number of anilines is 1. The number of fused-ring (bicyclic) bond motifs is 3. The normalized spacial score (nSPS) is 18.0. The van der Waals surface area contributed by atoms with Crippen molar-refractivity contribution in [2.75, 3.05) is 11.9 Å². The molecule has 3 aromatic rings. The third-order valence-electron chi connectivity index (χ3n) is 4.70. The Hall–Kier alpha value is -2.42. The van der Waals surface area contributed by atoms with Gasteiger partial charge in [-0.25, -0.2) is 0 Å². The lowest BCUT2D eigenvalue weighted by atomic mass is 10.0. The Labute approximate surface area is 130 Å². The van der Waals surface area contributed by atoms with Crippen molar-refractivity contribution in [1.82, 2.24) is 4.90 Å². The molecule has 1 aliphatic heterocycles. The summed E-state index contributed by atoms with van der Waals surface area (Å²) in [7, 11) is 2.10. The van der Waals surface area contributed by atoms with E-state index in [0.29, 0.717) is 6.17 Å². The fraction of sp³-hybridized carbons (Fsp3) is 0.263. The Balaban J connectivity index is 2.04. The molecule has 0 aliphatic carbocycles. The summed E-state index contributed by atoms with van der Waals surface area (Å²) in [6.07, 6.45) is 5.55. The second kappa shape index (κ2) is 4.80. The average Bonchev–Trinajstić information content (AvgIpc) is 3.08. The van der Waals surface area contributed by atoms with Crippen LogP contribution in [-0.2, 0) is 6.42 Å². The predicted octanol–water partition coefficient (Wildman–Crippen LogP) is 4.72. The molecule has 0 saturated heterocycles. The number of hydrogen-bond acceptors (Lipinski definition) is 3. The van der Waals surface area contributed by atoms with Gasteiger partial charge in [0.1, 0.15) is 11.7 Å². The molecule has 0 saturated carbocycles. The summed E-state index contributed by atoms with van der Waals surface area (Å²) in [6.45, 7) is 4.41. The smallest absolute Gasteiger partial charge is 0.159 e. The molecule has 112 valence electrons. The first-order chi connectivity index (χ1) is 10.7. The maximum atomic E-state index is 6.23. The largest absolute Gasteiger partial charge is 0.454 e. The fourth-order valence-electron chi connectivity index (χ4n) is 3.27. The van der Waals surface area contributed by atoms with E-state index >= 15 is 0 Å². The van der Waals surface area contributed by atoms with Crippen molar-refractivity contribution < 1.29 is 4.42 Å². The van der Waals surface area contributed by atoms with Crippen LogP contribution >= 0.6 is 0 Å². The minimum Gasteiger partial charge on any atom is -0.454 e.